The number of hydrogen-bond donors (Lipinski definition) is 2. The molecule has 0 aliphatic carbocycles. The number of rotatable bonds is 7. The molecule has 1 fully saturated rings. The van der Waals surface area contributed by atoms with Crippen molar-refractivity contribution >= 4 is 33.2 Å². The molecular formula is C23H31N7O2S. The first-order valence-corrected chi connectivity index (χ1v) is 12.7. The van der Waals surface area contributed by atoms with Crippen molar-refractivity contribution in [3.05, 3.63) is 48.0 Å². The summed E-state index contributed by atoms with van der Waals surface area (Å²) in [6.07, 6.45) is 5.16. The van der Waals surface area contributed by atoms with Crippen molar-refractivity contribution in [3.8, 4) is 0 Å². The van der Waals surface area contributed by atoms with Gasteiger partial charge in [-0.15, -0.1) is 0 Å². The fourth-order valence-electron chi connectivity index (χ4n) is 3.97. The first-order chi connectivity index (χ1) is 15.7. The molecule has 0 atom stereocenters. The Hall–Kier alpha value is -3.14. The van der Waals surface area contributed by atoms with Crippen molar-refractivity contribution in [2.75, 3.05) is 28.0 Å². The van der Waals surface area contributed by atoms with Crippen LogP contribution in [0.3, 0.4) is 0 Å². The normalized spacial score (nSPS) is 14.5. The summed E-state index contributed by atoms with van der Waals surface area (Å²) in [5.74, 6) is 2.31. The molecular weight excluding hydrogens is 438 g/mol. The van der Waals surface area contributed by atoms with Gasteiger partial charge in [-0.3, -0.25) is 4.72 Å². The maximum absolute atomic E-state index is 12.8. The van der Waals surface area contributed by atoms with Gasteiger partial charge in [0, 0.05) is 55.4 Å². The van der Waals surface area contributed by atoms with E-state index >= 15 is 0 Å². The van der Waals surface area contributed by atoms with Crippen LogP contribution in [0, 0.1) is 6.92 Å². The lowest BCUT2D eigenvalue weighted by molar-refractivity contribution is 0.573. The number of nitrogens with one attached hydrogen (secondary N) is 2. The average molecular weight is 470 g/mol. The summed E-state index contributed by atoms with van der Waals surface area (Å²) in [5.41, 5.74) is 2.12. The number of imidazole rings is 1. The van der Waals surface area contributed by atoms with Crippen LogP contribution in [-0.4, -0.2) is 41.0 Å². The minimum atomic E-state index is -3.78. The van der Waals surface area contributed by atoms with E-state index in [-0.39, 0.29) is 10.9 Å². The van der Waals surface area contributed by atoms with Gasteiger partial charge in [0.1, 0.15) is 11.6 Å². The zero-order valence-corrected chi connectivity index (χ0v) is 20.4. The maximum atomic E-state index is 12.8. The lowest BCUT2D eigenvalue weighted by atomic mass is 10.1. The van der Waals surface area contributed by atoms with Crippen LogP contribution in [0.25, 0.3) is 0 Å². The van der Waals surface area contributed by atoms with Gasteiger partial charge in [0.15, 0.2) is 5.03 Å². The fraction of sp³-hybridized carbons (Fsp3) is 0.435. The molecule has 1 aromatic carbocycles. The molecule has 0 bridgehead atoms. The van der Waals surface area contributed by atoms with Crippen LogP contribution in [0.15, 0.2) is 41.6 Å². The van der Waals surface area contributed by atoms with Crippen molar-refractivity contribution < 1.29 is 8.42 Å². The summed E-state index contributed by atoms with van der Waals surface area (Å²) in [4.78, 5) is 15.8. The number of nitrogens with zero attached hydrogens (tertiary/aromatic N) is 5. The van der Waals surface area contributed by atoms with Gasteiger partial charge in [0.2, 0.25) is 5.95 Å². The predicted molar refractivity (Wildman–Crippen MR) is 131 cm³/mol. The van der Waals surface area contributed by atoms with E-state index in [1.165, 1.54) is 25.5 Å². The molecule has 0 unspecified atom stereocenters. The van der Waals surface area contributed by atoms with E-state index in [1.54, 1.807) is 35.9 Å². The maximum Gasteiger partial charge on any atom is 0.280 e. The molecule has 33 heavy (non-hydrogen) atoms. The number of sulfonamides is 1. The van der Waals surface area contributed by atoms with Crippen molar-refractivity contribution in [1.82, 2.24) is 19.5 Å². The highest BCUT2D eigenvalue weighted by Gasteiger charge is 2.21. The van der Waals surface area contributed by atoms with Crippen LogP contribution in [0.5, 0.6) is 0 Å². The fourth-order valence-corrected chi connectivity index (χ4v) is 5.03. The van der Waals surface area contributed by atoms with Gasteiger partial charge in [-0.05, 0) is 50.5 Å². The molecule has 1 aliphatic heterocycles. The molecule has 4 rings (SSSR count). The minimum Gasteiger partial charge on any atom is -0.356 e. The quantitative estimate of drug-likeness (QED) is 0.535. The van der Waals surface area contributed by atoms with Gasteiger partial charge < -0.3 is 14.8 Å². The highest BCUT2D eigenvalue weighted by atomic mass is 32.2. The Morgan fingerprint density at radius 2 is 1.64 bits per heavy atom. The molecule has 2 aromatic heterocycles. The molecule has 0 spiro atoms. The SMILES string of the molecule is Cc1cc(N2CCCCC2)nc(Nc2ccc(NS(=O)(=O)c3cn(C)c(C(C)C)n3)cc2)n1. The molecule has 1 aliphatic rings. The molecule has 1 saturated heterocycles. The largest absolute Gasteiger partial charge is 0.356 e. The lowest BCUT2D eigenvalue weighted by Gasteiger charge is -2.28. The van der Waals surface area contributed by atoms with Crippen LogP contribution in [0.4, 0.5) is 23.1 Å². The Kier molecular flexibility index (Phi) is 6.55. The molecule has 3 aromatic rings. The predicted octanol–water partition coefficient (Wildman–Crippen LogP) is 4.18. The number of anilines is 4. The molecule has 0 radical (unpaired) electrons. The summed E-state index contributed by atoms with van der Waals surface area (Å²) in [5, 5.41) is 3.24. The number of aryl methyl sites for hydroxylation is 2. The van der Waals surface area contributed by atoms with E-state index in [1.807, 2.05) is 26.8 Å². The first-order valence-electron chi connectivity index (χ1n) is 11.2. The summed E-state index contributed by atoms with van der Waals surface area (Å²) in [7, 11) is -1.98. The Balaban J connectivity index is 1.46. The number of piperidine rings is 1. The van der Waals surface area contributed by atoms with Gasteiger partial charge in [-0.1, -0.05) is 13.8 Å². The zero-order chi connectivity index (χ0) is 23.6. The van der Waals surface area contributed by atoms with Crippen LogP contribution < -0.4 is 14.9 Å². The van der Waals surface area contributed by atoms with E-state index < -0.39 is 10.0 Å². The van der Waals surface area contributed by atoms with Gasteiger partial charge in [-0.2, -0.15) is 13.4 Å². The number of benzene rings is 1. The number of hydrogen-bond acceptors (Lipinski definition) is 7. The minimum absolute atomic E-state index is 0.00862. The molecule has 3 heterocycles. The van der Waals surface area contributed by atoms with Gasteiger partial charge in [0.25, 0.3) is 10.0 Å². The van der Waals surface area contributed by atoms with Crippen LogP contribution >= 0.6 is 0 Å². The second-order valence-corrected chi connectivity index (χ2v) is 10.4. The van der Waals surface area contributed by atoms with Gasteiger partial charge in [-0.25, -0.2) is 9.97 Å². The average Bonchev–Trinajstić information content (AvgIpc) is 3.18. The monoisotopic (exact) mass is 469 g/mol. The number of aromatic nitrogens is 4. The third kappa shape index (κ3) is 5.44. The molecule has 9 nitrogen and oxygen atoms in total. The lowest BCUT2D eigenvalue weighted by Crippen LogP contribution is -2.30. The smallest absolute Gasteiger partial charge is 0.280 e. The Morgan fingerprint density at radius 3 is 2.27 bits per heavy atom. The Labute approximate surface area is 195 Å². The highest BCUT2D eigenvalue weighted by Crippen LogP contribution is 2.24. The van der Waals surface area contributed by atoms with Crippen LogP contribution in [0.1, 0.15) is 50.5 Å². The van der Waals surface area contributed by atoms with Crippen molar-refractivity contribution in [1.29, 1.82) is 0 Å². The van der Waals surface area contributed by atoms with E-state index in [0.717, 1.165) is 36.1 Å². The third-order valence-corrected chi connectivity index (χ3v) is 6.85. The topological polar surface area (TPSA) is 105 Å². The summed E-state index contributed by atoms with van der Waals surface area (Å²) >= 11 is 0. The Bertz CT molecular complexity index is 1210. The van der Waals surface area contributed by atoms with Crippen molar-refractivity contribution in [2.24, 2.45) is 7.05 Å². The molecule has 0 saturated carbocycles. The van der Waals surface area contributed by atoms with E-state index in [9.17, 15) is 8.42 Å². The first kappa shape index (κ1) is 23.0. The van der Waals surface area contributed by atoms with E-state index in [4.69, 9.17) is 0 Å². The van der Waals surface area contributed by atoms with Crippen molar-refractivity contribution in [2.45, 2.75) is 51.0 Å². The van der Waals surface area contributed by atoms with Gasteiger partial charge >= 0.3 is 0 Å². The van der Waals surface area contributed by atoms with Gasteiger partial charge in [0.05, 0.1) is 0 Å². The molecule has 10 heteroatoms. The Morgan fingerprint density at radius 1 is 0.970 bits per heavy atom. The summed E-state index contributed by atoms with van der Waals surface area (Å²) < 4.78 is 29.9. The van der Waals surface area contributed by atoms with E-state index in [2.05, 4.69) is 29.9 Å². The van der Waals surface area contributed by atoms with E-state index in [0.29, 0.717) is 11.6 Å². The molecule has 0 amide bonds. The standard InChI is InChI=1S/C23H31N7O2S/c1-16(2)22-27-21(15-29(22)4)33(31,32)28-19-10-8-18(9-11-19)25-23-24-17(3)14-20(26-23)30-12-6-5-7-13-30/h8-11,14-16,28H,5-7,12-13H2,1-4H3,(H,24,25,26). The second-order valence-electron chi connectivity index (χ2n) is 8.75. The van der Waals surface area contributed by atoms with Crippen molar-refractivity contribution in [3.63, 3.8) is 0 Å². The van der Waals surface area contributed by atoms with Crippen LogP contribution in [0.2, 0.25) is 0 Å². The third-order valence-electron chi connectivity index (χ3n) is 5.60. The second kappa shape index (κ2) is 9.38. The highest BCUT2D eigenvalue weighted by molar-refractivity contribution is 7.92. The summed E-state index contributed by atoms with van der Waals surface area (Å²) in [6, 6.07) is 9.00. The molecule has 2 N–H and O–H groups in total. The van der Waals surface area contributed by atoms with Crippen LogP contribution in [-0.2, 0) is 17.1 Å². The molecule has 176 valence electrons. The zero-order valence-electron chi connectivity index (χ0n) is 19.5. The summed E-state index contributed by atoms with van der Waals surface area (Å²) in [6.45, 7) is 7.94.